The van der Waals surface area contributed by atoms with Crippen LogP contribution in [0.3, 0.4) is 0 Å². The number of piperazine rings is 2. The smallest absolute Gasteiger partial charge is 0.410 e. The van der Waals surface area contributed by atoms with E-state index in [2.05, 4.69) is 29.2 Å². The van der Waals surface area contributed by atoms with Crippen molar-refractivity contribution >= 4 is 17.9 Å². The summed E-state index contributed by atoms with van der Waals surface area (Å²) in [6.45, 7) is 8.90. The summed E-state index contributed by atoms with van der Waals surface area (Å²) in [7, 11) is 4.17. The second-order valence-corrected chi connectivity index (χ2v) is 10.8. The average molecular weight is 529 g/mol. The van der Waals surface area contributed by atoms with E-state index < -0.39 is 0 Å². The van der Waals surface area contributed by atoms with Crippen LogP contribution in [-0.2, 0) is 20.9 Å². The van der Waals surface area contributed by atoms with Crippen molar-refractivity contribution in [1.82, 2.24) is 29.8 Å². The Labute approximate surface area is 226 Å². The molecule has 0 aliphatic carbocycles. The molecule has 4 aliphatic rings. The third-order valence-corrected chi connectivity index (χ3v) is 7.97. The van der Waals surface area contributed by atoms with Gasteiger partial charge in [0.15, 0.2) is 0 Å². The summed E-state index contributed by atoms with van der Waals surface area (Å²) >= 11 is 0. The molecule has 0 radical (unpaired) electrons. The first-order chi connectivity index (χ1) is 18.4. The van der Waals surface area contributed by atoms with Crippen LogP contribution in [0.15, 0.2) is 30.3 Å². The minimum atomic E-state index is -0.385. The molecule has 4 heterocycles. The zero-order valence-corrected chi connectivity index (χ0v) is 23.0. The fourth-order valence-electron chi connectivity index (χ4n) is 5.42. The minimum absolute atomic E-state index is 0.0669. The average Bonchev–Trinajstić information content (AvgIpc) is 3.66. The van der Waals surface area contributed by atoms with E-state index in [0.29, 0.717) is 12.5 Å². The van der Waals surface area contributed by atoms with Crippen LogP contribution < -0.4 is 5.32 Å². The molecule has 4 saturated heterocycles. The Kier molecular flexibility index (Phi) is 10.4. The monoisotopic (exact) mass is 528 g/mol. The number of carbonyl (C=O) groups excluding carboxylic acids is 3. The van der Waals surface area contributed by atoms with Crippen LogP contribution in [0.25, 0.3) is 0 Å². The van der Waals surface area contributed by atoms with Crippen molar-refractivity contribution in [1.29, 1.82) is 0 Å². The second-order valence-electron chi connectivity index (χ2n) is 10.8. The molecular formula is C28H44N6O4. The largest absolute Gasteiger partial charge is 0.445 e. The lowest BCUT2D eigenvalue weighted by atomic mass is 10.1. The molecule has 0 unspecified atom stereocenters. The van der Waals surface area contributed by atoms with Crippen LogP contribution >= 0.6 is 0 Å². The number of likely N-dealkylation sites (N-methyl/N-ethyl adjacent to an activating group) is 2. The van der Waals surface area contributed by atoms with Crippen LogP contribution in [0.4, 0.5) is 4.79 Å². The van der Waals surface area contributed by atoms with E-state index >= 15 is 0 Å². The third-order valence-electron chi connectivity index (χ3n) is 7.97. The van der Waals surface area contributed by atoms with Crippen molar-refractivity contribution in [2.75, 3.05) is 79.5 Å². The van der Waals surface area contributed by atoms with Crippen molar-refractivity contribution in [3.05, 3.63) is 35.9 Å². The molecule has 0 aromatic heterocycles. The molecule has 2 atom stereocenters. The van der Waals surface area contributed by atoms with Crippen LogP contribution in [0.5, 0.6) is 0 Å². The Morgan fingerprint density at radius 1 is 0.789 bits per heavy atom. The number of benzene rings is 1. The second kappa shape index (κ2) is 13.9. The summed E-state index contributed by atoms with van der Waals surface area (Å²) in [5.74, 6) is 0.382. The van der Waals surface area contributed by atoms with E-state index in [-0.39, 0.29) is 30.7 Å². The van der Waals surface area contributed by atoms with Gasteiger partial charge in [0.1, 0.15) is 12.6 Å². The molecule has 0 bridgehead atoms. The highest BCUT2D eigenvalue weighted by Crippen LogP contribution is 2.21. The van der Waals surface area contributed by atoms with Crippen molar-refractivity contribution in [2.24, 2.45) is 0 Å². The first-order valence-corrected chi connectivity index (χ1v) is 14.1. The summed E-state index contributed by atoms with van der Waals surface area (Å²) < 4.78 is 5.40. The Bertz CT molecular complexity index is 909. The van der Waals surface area contributed by atoms with Gasteiger partial charge in [-0.05, 0) is 51.9 Å². The number of nitrogens with zero attached hydrogens (tertiary/aromatic N) is 5. The number of likely N-dealkylation sites (tertiary alicyclic amines) is 1. The maximum atomic E-state index is 12.8. The Balaban J connectivity index is 0.000000204. The van der Waals surface area contributed by atoms with Gasteiger partial charge in [-0.25, -0.2) is 4.79 Å². The number of rotatable bonds is 4. The highest BCUT2D eigenvalue weighted by Gasteiger charge is 2.38. The van der Waals surface area contributed by atoms with Gasteiger partial charge in [0.05, 0.1) is 6.04 Å². The Hall–Kier alpha value is -2.69. The molecule has 38 heavy (non-hydrogen) atoms. The van der Waals surface area contributed by atoms with Crippen LogP contribution in [0, 0.1) is 0 Å². The van der Waals surface area contributed by atoms with Gasteiger partial charge in [-0.15, -0.1) is 0 Å². The highest BCUT2D eigenvalue weighted by atomic mass is 16.6. The lowest BCUT2D eigenvalue weighted by Gasteiger charge is -2.35. The van der Waals surface area contributed by atoms with Crippen molar-refractivity contribution < 1.29 is 19.1 Å². The van der Waals surface area contributed by atoms with Gasteiger partial charge in [0.2, 0.25) is 11.8 Å². The van der Waals surface area contributed by atoms with E-state index in [1.807, 2.05) is 40.1 Å². The number of amides is 3. The van der Waals surface area contributed by atoms with E-state index in [9.17, 15) is 14.4 Å². The van der Waals surface area contributed by atoms with Crippen LogP contribution in [0.1, 0.15) is 31.2 Å². The van der Waals surface area contributed by atoms with E-state index in [1.54, 1.807) is 4.90 Å². The predicted molar refractivity (Wildman–Crippen MR) is 146 cm³/mol. The van der Waals surface area contributed by atoms with Crippen molar-refractivity contribution in [2.45, 2.75) is 44.4 Å². The van der Waals surface area contributed by atoms with E-state index in [4.69, 9.17) is 4.74 Å². The van der Waals surface area contributed by atoms with Crippen molar-refractivity contribution in [3.8, 4) is 0 Å². The third kappa shape index (κ3) is 7.68. The molecule has 4 aliphatic heterocycles. The normalized spacial score (nSPS) is 24.6. The fourth-order valence-corrected chi connectivity index (χ4v) is 5.42. The summed E-state index contributed by atoms with van der Waals surface area (Å²) in [5, 5.41) is 3.26. The summed E-state index contributed by atoms with van der Waals surface area (Å²) in [6.07, 6.45) is 3.36. The number of ether oxygens (including phenoxy) is 1. The standard InChI is InChI=1S/C18H25N3O3.C10H19N3O/c1-19-10-12-20(13-11-19)17(22)16-8-5-9-21(16)18(23)24-14-15-6-3-2-4-7-15;1-12-5-7-13(8-6-12)10(14)9-3-2-4-11-9/h2-4,6-7,16H,5,8-14H2,1H3;9,11H,2-8H2,1H3/t16-;9-/m00/s1. The fraction of sp³-hybridized carbons (Fsp3) is 0.679. The predicted octanol–water partition coefficient (Wildman–Crippen LogP) is 1.07. The summed E-state index contributed by atoms with van der Waals surface area (Å²) in [6, 6.07) is 9.34. The van der Waals surface area contributed by atoms with Crippen molar-refractivity contribution in [3.63, 3.8) is 0 Å². The minimum Gasteiger partial charge on any atom is -0.445 e. The van der Waals surface area contributed by atoms with Gasteiger partial charge in [-0.2, -0.15) is 0 Å². The summed E-state index contributed by atoms with van der Waals surface area (Å²) in [5.41, 5.74) is 0.951. The molecule has 0 spiro atoms. The van der Waals surface area contributed by atoms with Gasteiger partial charge < -0.3 is 29.7 Å². The molecule has 1 N–H and O–H groups in total. The number of hydrogen-bond acceptors (Lipinski definition) is 7. The van der Waals surface area contributed by atoms with Gasteiger partial charge >= 0.3 is 6.09 Å². The molecule has 4 fully saturated rings. The molecular weight excluding hydrogens is 484 g/mol. The molecule has 10 nitrogen and oxygen atoms in total. The van der Waals surface area contributed by atoms with E-state index in [0.717, 1.165) is 90.1 Å². The lowest BCUT2D eigenvalue weighted by Crippen LogP contribution is -2.53. The van der Waals surface area contributed by atoms with Gasteiger partial charge in [-0.3, -0.25) is 14.5 Å². The van der Waals surface area contributed by atoms with Gasteiger partial charge in [-0.1, -0.05) is 30.3 Å². The molecule has 3 amide bonds. The lowest BCUT2D eigenvalue weighted by molar-refractivity contribution is -0.137. The maximum absolute atomic E-state index is 12.8. The topological polar surface area (TPSA) is 88.7 Å². The first kappa shape index (κ1) is 28.3. The number of carbonyl (C=O) groups is 3. The van der Waals surface area contributed by atoms with Gasteiger partial charge in [0, 0.05) is 58.9 Å². The Morgan fingerprint density at radius 3 is 1.97 bits per heavy atom. The molecule has 0 saturated carbocycles. The molecule has 1 aromatic rings. The van der Waals surface area contributed by atoms with Gasteiger partial charge in [0.25, 0.3) is 0 Å². The number of hydrogen-bond donors (Lipinski definition) is 1. The molecule has 10 heteroatoms. The Morgan fingerprint density at radius 2 is 1.39 bits per heavy atom. The molecule has 210 valence electrons. The number of nitrogens with one attached hydrogen (secondary N) is 1. The van der Waals surface area contributed by atoms with Crippen LogP contribution in [0.2, 0.25) is 0 Å². The SMILES string of the molecule is CN1CCN(C(=O)[C@@H]2CCCN2)CC1.CN1CCN(C(=O)[C@@H]2CCCN2C(=O)OCc2ccccc2)CC1. The molecule has 1 aromatic carbocycles. The summed E-state index contributed by atoms with van der Waals surface area (Å²) in [4.78, 5) is 47.1. The zero-order chi connectivity index (χ0) is 26.9. The van der Waals surface area contributed by atoms with Crippen LogP contribution in [-0.4, -0.2) is 134 Å². The molecule has 5 rings (SSSR count). The first-order valence-electron chi connectivity index (χ1n) is 14.1. The quantitative estimate of drug-likeness (QED) is 0.626. The van der Waals surface area contributed by atoms with E-state index in [1.165, 1.54) is 0 Å². The highest BCUT2D eigenvalue weighted by molar-refractivity contribution is 5.86. The maximum Gasteiger partial charge on any atom is 0.410 e. The zero-order valence-electron chi connectivity index (χ0n) is 23.0.